The first-order valence-corrected chi connectivity index (χ1v) is 7.14. The zero-order valence-electron chi connectivity index (χ0n) is 11.6. The Morgan fingerprint density at radius 1 is 1.25 bits per heavy atom. The molecule has 0 bridgehead atoms. The van der Waals surface area contributed by atoms with Gasteiger partial charge in [-0.2, -0.15) is 0 Å². The largest absolute Gasteiger partial charge is 0.313 e. The van der Waals surface area contributed by atoms with Crippen LogP contribution in [0.4, 0.5) is 0 Å². The molecule has 1 aliphatic rings. The first-order valence-electron chi connectivity index (χ1n) is 7.14. The fraction of sp³-hybridized carbons (Fsp3) is 1.00. The molecule has 0 radical (unpaired) electrons. The number of hydrogen-bond donors (Lipinski definition) is 1. The highest BCUT2D eigenvalue weighted by atomic mass is 15.2. The second-order valence-electron chi connectivity index (χ2n) is 5.58. The zero-order valence-corrected chi connectivity index (χ0v) is 11.6. The van der Waals surface area contributed by atoms with Gasteiger partial charge >= 0.3 is 0 Å². The second kappa shape index (κ2) is 7.29. The van der Waals surface area contributed by atoms with Crippen molar-refractivity contribution < 1.29 is 0 Å². The van der Waals surface area contributed by atoms with Crippen molar-refractivity contribution in [3.8, 4) is 0 Å². The van der Waals surface area contributed by atoms with Gasteiger partial charge in [-0.3, -0.25) is 4.90 Å². The topological polar surface area (TPSA) is 15.3 Å². The molecule has 2 atom stereocenters. The van der Waals surface area contributed by atoms with Gasteiger partial charge in [0, 0.05) is 24.7 Å². The standard InChI is InChI=1S/C14H30N2/c1-5-8-13(4)16(12(2)3)11-14-9-6-7-10-15-14/h12-15H,5-11H2,1-4H3. The molecule has 1 rings (SSSR count). The summed E-state index contributed by atoms with van der Waals surface area (Å²) in [5.41, 5.74) is 0. The SMILES string of the molecule is CCCC(C)N(CC1CCCCN1)C(C)C. The lowest BCUT2D eigenvalue weighted by molar-refractivity contribution is 0.131. The predicted octanol–water partition coefficient (Wildman–Crippen LogP) is 3.03. The van der Waals surface area contributed by atoms with E-state index in [4.69, 9.17) is 0 Å². The zero-order chi connectivity index (χ0) is 12.0. The van der Waals surface area contributed by atoms with E-state index in [1.54, 1.807) is 0 Å². The van der Waals surface area contributed by atoms with Crippen LogP contribution < -0.4 is 5.32 Å². The minimum Gasteiger partial charge on any atom is -0.313 e. The second-order valence-corrected chi connectivity index (χ2v) is 5.58. The Balaban J connectivity index is 2.42. The van der Waals surface area contributed by atoms with Gasteiger partial charge in [-0.1, -0.05) is 19.8 Å². The van der Waals surface area contributed by atoms with E-state index in [9.17, 15) is 0 Å². The fourth-order valence-electron chi connectivity index (χ4n) is 2.82. The van der Waals surface area contributed by atoms with E-state index in [2.05, 4.69) is 37.9 Å². The molecule has 96 valence electrons. The molecule has 2 unspecified atom stereocenters. The van der Waals surface area contributed by atoms with Gasteiger partial charge < -0.3 is 5.32 Å². The maximum atomic E-state index is 3.66. The van der Waals surface area contributed by atoms with E-state index in [0.717, 1.165) is 12.1 Å². The Morgan fingerprint density at radius 3 is 2.50 bits per heavy atom. The molecule has 2 heteroatoms. The number of nitrogens with one attached hydrogen (secondary N) is 1. The Hall–Kier alpha value is -0.0800. The van der Waals surface area contributed by atoms with Gasteiger partial charge in [-0.15, -0.1) is 0 Å². The summed E-state index contributed by atoms with van der Waals surface area (Å²) in [6.45, 7) is 11.8. The summed E-state index contributed by atoms with van der Waals surface area (Å²) in [5.74, 6) is 0. The van der Waals surface area contributed by atoms with Crippen molar-refractivity contribution in [3.63, 3.8) is 0 Å². The van der Waals surface area contributed by atoms with Crippen molar-refractivity contribution >= 4 is 0 Å². The molecule has 0 aliphatic carbocycles. The minimum absolute atomic E-state index is 0.672. The van der Waals surface area contributed by atoms with Crippen LogP contribution >= 0.6 is 0 Å². The highest BCUT2D eigenvalue weighted by molar-refractivity contribution is 4.80. The summed E-state index contributed by atoms with van der Waals surface area (Å²) in [6, 6.07) is 2.13. The maximum Gasteiger partial charge on any atom is 0.0195 e. The molecule has 1 aliphatic heterocycles. The number of nitrogens with zero attached hydrogens (tertiary/aromatic N) is 1. The number of hydrogen-bond acceptors (Lipinski definition) is 2. The lowest BCUT2D eigenvalue weighted by atomic mass is 10.0. The molecule has 0 aromatic heterocycles. The average molecular weight is 226 g/mol. The van der Waals surface area contributed by atoms with E-state index >= 15 is 0 Å². The third kappa shape index (κ3) is 4.42. The van der Waals surface area contributed by atoms with Crippen LogP contribution in [0.5, 0.6) is 0 Å². The van der Waals surface area contributed by atoms with Crippen molar-refractivity contribution in [1.82, 2.24) is 10.2 Å². The molecule has 1 saturated heterocycles. The third-order valence-electron chi connectivity index (χ3n) is 3.78. The van der Waals surface area contributed by atoms with Crippen molar-refractivity contribution in [3.05, 3.63) is 0 Å². The van der Waals surface area contributed by atoms with Gasteiger partial charge in [0.2, 0.25) is 0 Å². The maximum absolute atomic E-state index is 3.66. The van der Waals surface area contributed by atoms with E-state index in [-0.39, 0.29) is 0 Å². The van der Waals surface area contributed by atoms with Crippen LogP contribution in [-0.4, -0.2) is 36.1 Å². The van der Waals surface area contributed by atoms with Crippen LogP contribution in [0.25, 0.3) is 0 Å². The molecule has 0 amide bonds. The molecule has 1 N–H and O–H groups in total. The lowest BCUT2D eigenvalue weighted by Gasteiger charge is -2.37. The lowest BCUT2D eigenvalue weighted by Crippen LogP contribution is -2.49. The van der Waals surface area contributed by atoms with Crippen LogP contribution in [-0.2, 0) is 0 Å². The van der Waals surface area contributed by atoms with Crippen LogP contribution in [0.1, 0.15) is 59.8 Å². The van der Waals surface area contributed by atoms with Crippen molar-refractivity contribution in [2.45, 2.75) is 77.9 Å². The monoisotopic (exact) mass is 226 g/mol. The molecule has 0 aromatic carbocycles. The van der Waals surface area contributed by atoms with Gasteiger partial charge in [-0.25, -0.2) is 0 Å². The van der Waals surface area contributed by atoms with Crippen molar-refractivity contribution in [2.24, 2.45) is 0 Å². The van der Waals surface area contributed by atoms with E-state index in [1.807, 2.05) is 0 Å². The molecule has 2 nitrogen and oxygen atoms in total. The summed E-state index contributed by atoms with van der Waals surface area (Å²) in [5, 5.41) is 3.66. The van der Waals surface area contributed by atoms with Crippen molar-refractivity contribution in [1.29, 1.82) is 0 Å². The van der Waals surface area contributed by atoms with Crippen LogP contribution in [0.15, 0.2) is 0 Å². The van der Waals surface area contributed by atoms with Crippen LogP contribution in [0.2, 0.25) is 0 Å². The summed E-state index contributed by atoms with van der Waals surface area (Å²) >= 11 is 0. The Bertz CT molecular complexity index is 174. The molecule has 1 fully saturated rings. The molecule has 16 heavy (non-hydrogen) atoms. The predicted molar refractivity (Wildman–Crippen MR) is 71.9 cm³/mol. The highest BCUT2D eigenvalue weighted by Crippen LogP contribution is 2.15. The molecular formula is C14H30N2. The molecule has 1 heterocycles. The van der Waals surface area contributed by atoms with Gasteiger partial charge in [0.25, 0.3) is 0 Å². The van der Waals surface area contributed by atoms with Gasteiger partial charge in [-0.05, 0) is 46.6 Å². The minimum atomic E-state index is 0.672. The summed E-state index contributed by atoms with van der Waals surface area (Å²) in [4.78, 5) is 2.67. The van der Waals surface area contributed by atoms with Crippen molar-refractivity contribution in [2.75, 3.05) is 13.1 Å². The normalized spacial score (nSPS) is 24.0. The van der Waals surface area contributed by atoms with E-state index in [0.29, 0.717) is 6.04 Å². The summed E-state index contributed by atoms with van der Waals surface area (Å²) in [7, 11) is 0. The first kappa shape index (κ1) is 14.0. The summed E-state index contributed by atoms with van der Waals surface area (Å²) in [6.07, 6.45) is 6.75. The molecular weight excluding hydrogens is 196 g/mol. The molecule has 0 aromatic rings. The van der Waals surface area contributed by atoms with Crippen LogP contribution in [0.3, 0.4) is 0 Å². The number of rotatable bonds is 6. The molecule has 0 saturated carbocycles. The van der Waals surface area contributed by atoms with E-state index < -0.39 is 0 Å². The Kier molecular flexibility index (Phi) is 6.37. The quantitative estimate of drug-likeness (QED) is 0.749. The molecule has 0 spiro atoms. The van der Waals surface area contributed by atoms with Gasteiger partial charge in [0.15, 0.2) is 0 Å². The number of piperidine rings is 1. The smallest absolute Gasteiger partial charge is 0.0195 e. The Labute approximate surface area is 102 Å². The summed E-state index contributed by atoms with van der Waals surface area (Å²) < 4.78 is 0. The first-order chi connectivity index (χ1) is 7.65. The fourth-order valence-corrected chi connectivity index (χ4v) is 2.82. The highest BCUT2D eigenvalue weighted by Gasteiger charge is 2.21. The van der Waals surface area contributed by atoms with Gasteiger partial charge in [0.1, 0.15) is 0 Å². The van der Waals surface area contributed by atoms with Crippen LogP contribution in [0, 0.1) is 0 Å². The van der Waals surface area contributed by atoms with E-state index in [1.165, 1.54) is 45.2 Å². The Morgan fingerprint density at radius 2 is 2.00 bits per heavy atom. The average Bonchev–Trinajstić information content (AvgIpc) is 2.27. The van der Waals surface area contributed by atoms with Gasteiger partial charge in [0.05, 0.1) is 0 Å². The third-order valence-corrected chi connectivity index (χ3v) is 3.78.